The van der Waals surface area contributed by atoms with Crippen LogP contribution in [0.5, 0.6) is 0 Å². The average molecular weight is 357 g/mol. The van der Waals surface area contributed by atoms with E-state index >= 15 is 0 Å². The van der Waals surface area contributed by atoms with E-state index in [0.717, 1.165) is 44.2 Å². The predicted octanol–water partition coefficient (Wildman–Crippen LogP) is 2.53. The zero-order valence-corrected chi connectivity index (χ0v) is 15.7. The molecule has 4 nitrogen and oxygen atoms in total. The number of ether oxygens (including phenoxy) is 1. The number of thiocarbonyl (C=S) groups is 1. The van der Waals surface area contributed by atoms with Gasteiger partial charge < -0.3 is 20.3 Å². The van der Waals surface area contributed by atoms with Crippen LogP contribution in [0.2, 0.25) is 0 Å². The molecule has 0 bridgehead atoms. The molecule has 1 saturated heterocycles. The molecular weight excluding hydrogens is 330 g/mol. The number of anilines is 2. The highest BCUT2D eigenvalue weighted by molar-refractivity contribution is 7.80. The first-order chi connectivity index (χ1) is 12.1. The topological polar surface area (TPSA) is 37.7 Å². The lowest BCUT2D eigenvalue weighted by atomic mass is 10.1. The first-order valence-corrected chi connectivity index (χ1v) is 9.17. The Labute approximate surface area is 155 Å². The molecule has 0 atom stereocenters. The van der Waals surface area contributed by atoms with Gasteiger partial charge in [0.2, 0.25) is 0 Å². The van der Waals surface area contributed by atoms with Gasteiger partial charge in [-0.05, 0) is 49.3 Å². The third kappa shape index (κ3) is 5.01. The van der Waals surface area contributed by atoms with E-state index in [-0.39, 0.29) is 0 Å². The zero-order chi connectivity index (χ0) is 17.6. The maximum absolute atomic E-state index is 5.46. The lowest BCUT2D eigenvalue weighted by Gasteiger charge is -2.23. The summed E-state index contributed by atoms with van der Waals surface area (Å²) in [4.78, 5) is 1.58. The van der Waals surface area contributed by atoms with Crippen molar-refractivity contribution < 1.29 is 9.64 Å². The highest BCUT2D eigenvalue weighted by Gasteiger charge is 2.14. The van der Waals surface area contributed by atoms with Crippen molar-refractivity contribution in [3.63, 3.8) is 0 Å². The summed E-state index contributed by atoms with van der Waals surface area (Å²) in [6, 6.07) is 14.8. The van der Waals surface area contributed by atoms with Gasteiger partial charge in [-0.3, -0.25) is 0 Å². The van der Waals surface area contributed by atoms with Crippen LogP contribution in [-0.2, 0) is 11.3 Å². The van der Waals surface area contributed by atoms with E-state index in [1.54, 1.807) is 4.90 Å². The molecule has 0 unspecified atom stereocenters. The van der Waals surface area contributed by atoms with Gasteiger partial charge in [0.1, 0.15) is 19.6 Å². The number of aryl methyl sites for hydroxylation is 2. The van der Waals surface area contributed by atoms with Crippen molar-refractivity contribution in [3.8, 4) is 0 Å². The Morgan fingerprint density at radius 2 is 1.64 bits per heavy atom. The Morgan fingerprint density at radius 1 is 1.00 bits per heavy atom. The van der Waals surface area contributed by atoms with E-state index in [1.807, 2.05) is 0 Å². The molecule has 5 heteroatoms. The van der Waals surface area contributed by atoms with Crippen molar-refractivity contribution in [2.45, 2.75) is 20.4 Å². The van der Waals surface area contributed by atoms with Crippen LogP contribution in [0, 0.1) is 13.8 Å². The SMILES string of the molecule is Cc1cccc(C)c1NC(=S)Nc1ccc(C[NH+]2CCOCC2)cc1. The Bertz CT molecular complexity index is 704. The summed E-state index contributed by atoms with van der Waals surface area (Å²) < 4.78 is 5.41. The maximum Gasteiger partial charge on any atom is 0.175 e. The van der Waals surface area contributed by atoms with E-state index < -0.39 is 0 Å². The molecule has 2 aromatic carbocycles. The minimum atomic E-state index is 0.615. The largest absolute Gasteiger partial charge is 0.370 e. The minimum absolute atomic E-state index is 0.615. The number of hydrogen-bond acceptors (Lipinski definition) is 2. The van der Waals surface area contributed by atoms with Gasteiger partial charge in [-0.15, -0.1) is 0 Å². The van der Waals surface area contributed by atoms with Crippen LogP contribution in [0.1, 0.15) is 16.7 Å². The third-order valence-corrected chi connectivity index (χ3v) is 4.79. The van der Waals surface area contributed by atoms with Crippen molar-refractivity contribution in [1.82, 2.24) is 0 Å². The number of morpholine rings is 1. The molecule has 0 aliphatic carbocycles. The molecule has 1 heterocycles. The highest BCUT2D eigenvalue weighted by atomic mass is 32.1. The highest BCUT2D eigenvalue weighted by Crippen LogP contribution is 2.20. The van der Waals surface area contributed by atoms with Crippen molar-refractivity contribution in [2.24, 2.45) is 0 Å². The second-order valence-corrected chi connectivity index (χ2v) is 6.99. The Balaban J connectivity index is 1.56. The quantitative estimate of drug-likeness (QED) is 0.736. The lowest BCUT2D eigenvalue weighted by Crippen LogP contribution is -3.12. The molecule has 1 aliphatic rings. The van der Waals surface area contributed by atoms with Crippen molar-refractivity contribution in [2.75, 3.05) is 36.9 Å². The lowest BCUT2D eigenvalue weighted by molar-refractivity contribution is -0.921. The number of hydrogen-bond donors (Lipinski definition) is 3. The fourth-order valence-electron chi connectivity index (χ4n) is 3.12. The summed E-state index contributed by atoms with van der Waals surface area (Å²) in [6.07, 6.45) is 0. The fourth-order valence-corrected chi connectivity index (χ4v) is 3.34. The number of rotatable bonds is 4. The van der Waals surface area contributed by atoms with Crippen LogP contribution in [0.3, 0.4) is 0 Å². The fraction of sp³-hybridized carbons (Fsp3) is 0.350. The normalized spacial score (nSPS) is 15.0. The summed E-state index contributed by atoms with van der Waals surface area (Å²) in [5.74, 6) is 0. The molecule has 3 N–H and O–H groups in total. The van der Waals surface area contributed by atoms with E-state index in [2.05, 4.69) is 66.9 Å². The van der Waals surface area contributed by atoms with Gasteiger partial charge in [-0.25, -0.2) is 0 Å². The molecule has 25 heavy (non-hydrogen) atoms. The van der Waals surface area contributed by atoms with Crippen LogP contribution >= 0.6 is 12.2 Å². The van der Waals surface area contributed by atoms with Gasteiger partial charge in [0, 0.05) is 16.9 Å². The van der Waals surface area contributed by atoms with E-state index in [0.29, 0.717) is 5.11 Å². The van der Waals surface area contributed by atoms with Crippen LogP contribution < -0.4 is 15.5 Å². The molecule has 0 saturated carbocycles. The van der Waals surface area contributed by atoms with Crippen molar-refractivity contribution in [3.05, 3.63) is 59.2 Å². The third-order valence-electron chi connectivity index (χ3n) is 4.59. The van der Waals surface area contributed by atoms with E-state index in [4.69, 9.17) is 17.0 Å². The van der Waals surface area contributed by atoms with E-state index in [9.17, 15) is 0 Å². The Morgan fingerprint density at radius 3 is 2.28 bits per heavy atom. The van der Waals surface area contributed by atoms with Crippen LogP contribution in [0.25, 0.3) is 0 Å². The first-order valence-electron chi connectivity index (χ1n) is 8.76. The Hall–Kier alpha value is -1.95. The second-order valence-electron chi connectivity index (χ2n) is 6.58. The zero-order valence-electron chi connectivity index (χ0n) is 14.9. The number of quaternary nitrogens is 1. The van der Waals surface area contributed by atoms with Gasteiger partial charge in [0.15, 0.2) is 5.11 Å². The molecule has 0 amide bonds. The molecular formula is C20H26N3OS+. The summed E-state index contributed by atoms with van der Waals surface area (Å²) in [6.45, 7) is 9.13. The molecule has 1 fully saturated rings. The van der Waals surface area contributed by atoms with Crippen LogP contribution in [0.4, 0.5) is 11.4 Å². The molecule has 1 aliphatic heterocycles. The molecule has 0 aromatic heterocycles. The van der Waals surface area contributed by atoms with Crippen LogP contribution in [0.15, 0.2) is 42.5 Å². The van der Waals surface area contributed by atoms with Gasteiger partial charge in [-0.1, -0.05) is 30.3 Å². The molecule has 0 spiro atoms. The van der Waals surface area contributed by atoms with Gasteiger partial charge in [-0.2, -0.15) is 0 Å². The first kappa shape index (κ1) is 17.9. The monoisotopic (exact) mass is 356 g/mol. The summed E-state index contributed by atoms with van der Waals surface area (Å²) in [7, 11) is 0. The van der Waals surface area contributed by atoms with E-state index in [1.165, 1.54) is 16.7 Å². The summed E-state index contributed by atoms with van der Waals surface area (Å²) >= 11 is 5.46. The van der Waals surface area contributed by atoms with Crippen molar-refractivity contribution in [1.29, 1.82) is 0 Å². The number of nitrogens with one attached hydrogen (secondary N) is 3. The molecule has 3 rings (SSSR count). The molecule has 2 aromatic rings. The minimum Gasteiger partial charge on any atom is -0.370 e. The molecule has 0 radical (unpaired) electrons. The van der Waals surface area contributed by atoms with Crippen LogP contribution in [-0.4, -0.2) is 31.4 Å². The predicted molar refractivity (Wildman–Crippen MR) is 107 cm³/mol. The summed E-state index contributed by atoms with van der Waals surface area (Å²) in [5.41, 5.74) is 5.80. The van der Waals surface area contributed by atoms with Gasteiger partial charge in [0.05, 0.1) is 13.2 Å². The average Bonchev–Trinajstić information content (AvgIpc) is 2.61. The smallest absolute Gasteiger partial charge is 0.175 e. The van der Waals surface area contributed by atoms with Gasteiger partial charge in [0.25, 0.3) is 0 Å². The standard InChI is InChI=1S/C20H25N3OS/c1-15-4-3-5-16(2)19(15)22-20(25)21-18-8-6-17(7-9-18)14-23-10-12-24-13-11-23/h3-9H,10-14H2,1-2H3,(H2,21,22,25)/p+1. The summed E-state index contributed by atoms with van der Waals surface area (Å²) in [5, 5.41) is 7.19. The number of para-hydroxylation sites is 1. The number of benzene rings is 2. The second kappa shape index (κ2) is 8.43. The maximum atomic E-state index is 5.46. The van der Waals surface area contributed by atoms with Crippen molar-refractivity contribution >= 4 is 28.7 Å². The van der Waals surface area contributed by atoms with Gasteiger partial charge >= 0.3 is 0 Å². The Kier molecular flexibility index (Phi) is 6.02. The molecule has 132 valence electrons.